The molecule has 4 saturated heterocycles. The summed E-state index contributed by atoms with van der Waals surface area (Å²) in [4.78, 5) is 37.4. The second-order valence-corrected chi connectivity index (χ2v) is 19.6. The van der Waals surface area contributed by atoms with Crippen LogP contribution in [0.4, 0.5) is 0 Å². The monoisotopic (exact) mass is 1190 g/mol. The molecule has 4 fully saturated rings. The van der Waals surface area contributed by atoms with Crippen LogP contribution in [0.3, 0.4) is 0 Å². The first-order valence-corrected chi connectivity index (χ1v) is 25.3. The molecule has 0 unspecified atom stereocenters. The predicted octanol–water partition coefficient (Wildman–Crippen LogP) is -12.8. The Balaban J connectivity index is 1.48. The molecule has 0 aromatic carbocycles. The van der Waals surface area contributed by atoms with Crippen molar-refractivity contribution in [1.82, 2.24) is 5.32 Å². The summed E-state index contributed by atoms with van der Waals surface area (Å²) in [6.07, 6.45) is -59.4. The predicted molar refractivity (Wildman–Crippen MR) is 229 cm³/mol. The minimum atomic E-state index is -5.72. The highest BCUT2D eigenvalue weighted by molar-refractivity contribution is 7.81. The lowest BCUT2D eigenvalue weighted by molar-refractivity contribution is -0.386. The summed E-state index contributed by atoms with van der Waals surface area (Å²) in [5.74, 6) is -8.32. The van der Waals surface area contributed by atoms with Gasteiger partial charge < -0.3 is 139 Å². The molecule has 5 aliphatic heterocycles. The van der Waals surface area contributed by atoms with Crippen molar-refractivity contribution in [3.05, 3.63) is 11.5 Å². The van der Waals surface area contributed by atoms with Crippen LogP contribution in [0.5, 0.6) is 0 Å². The molecule has 26 atom stereocenters. The van der Waals surface area contributed by atoms with Crippen LogP contribution in [-0.2, 0) is 90.9 Å². The van der Waals surface area contributed by atoms with Gasteiger partial charge in [-0.2, -0.15) is 16.8 Å². The number of nitrogens with one attached hydrogen (secondary N) is 1. The Hall–Kier alpha value is -3.43. The maximum absolute atomic E-state index is 12.9. The van der Waals surface area contributed by atoms with Crippen molar-refractivity contribution >= 4 is 38.6 Å². The fourth-order valence-corrected chi connectivity index (χ4v) is 9.53. The number of carbonyl (C=O) groups excluding carboxylic acids is 1. The second kappa shape index (κ2) is 27.1. The van der Waals surface area contributed by atoms with Crippen LogP contribution in [0.15, 0.2) is 11.5 Å². The summed E-state index contributed by atoms with van der Waals surface area (Å²) >= 11 is 0. The van der Waals surface area contributed by atoms with Crippen molar-refractivity contribution in [2.45, 2.75) is 166 Å². The highest BCUT2D eigenvalue weighted by atomic mass is 32.3. The molecule has 0 aromatic heterocycles. The number of carboxylic acids is 2. The van der Waals surface area contributed by atoms with Gasteiger partial charge in [-0.1, -0.05) is 0 Å². The Morgan fingerprint density at radius 3 is 1.56 bits per heavy atom. The molecule has 0 aromatic rings. The van der Waals surface area contributed by atoms with E-state index in [1.807, 2.05) is 0 Å². The Kier molecular flexibility index (Phi) is 22.7. The summed E-state index contributed by atoms with van der Waals surface area (Å²) in [5.41, 5.74) is 0. The molecule has 0 radical (unpaired) electrons. The molecule has 0 bridgehead atoms. The van der Waals surface area contributed by atoms with Gasteiger partial charge in [-0.3, -0.25) is 13.9 Å². The van der Waals surface area contributed by atoms with E-state index < -0.39 is 243 Å². The Labute approximate surface area is 437 Å². The van der Waals surface area contributed by atoms with Crippen LogP contribution in [-0.4, -0.2) is 323 Å². The lowest BCUT2D eigenvalue weighted by atomic mass is 9.94. The van der Waals surface area contributed by atoms with Gasteiger partial charge >= 0.3 is 32.7 Å². The molecule has 20 N–H and O–H groups in total. The topological polar surface area (TPSA) is 627 Å². The molecule has 41 heteroatoms. The van der Waals surface area contributed by atoms with Crippen molar-refractivity contribution in [3.63, 3.8) is 0 Å². The maximum atomic E-state index is 12.9. The molecule has 452 valence electrons. The van der Waals surface area contributed by atoms with E-state index in [0.717, 1.165) is 6.92 Å². The van der Waals surface area contributed by atoms with Crippen molar-refractivity contribution in [1.29, 1.82) is 0 Å². The van der Waals surface area contributed by atoms with E-state index in [9.17, 15) is 127 Å². The zero-order valence-electron chi connectivity index (χ0n) is 39.6. The summed E-state index contributed by atoms with van der Waals surface area (Å²) in [6.45, 7) is -5.32. The highest BCUT2D eigenvalue weighted by Crippen LogP contribution is 2.38. The number of aliphatic hydroxyl groups excluding tert-OH is 15. The highest BCUT2D eigenvalue weighted by Gasteiger charge is 2.59. The first-order chi connectivity index (χ1) is 36.3. The van der Waals surface area contributed by atoms with Gasteiger partial charge in [0.25, 0.3) is 0 Å². The zero-order valence-corrected chi connectivity index (χ0v) is 41.2. The normalized spacial score (nSPS) is 41.1. The number of ether oxygens (including phenoxy) is 10. The molecule has 78 heavy (non-hydrogen) atoms. The van der Waals surface area contributed by atoms with E-state index in [2.05, 4.69) is 13.7 Å². The van der Waals surface area contributed by atoms with E-state index in [1.165, 1.54) is 0 Å². The largest absolute Gasteiger partial charge is 0.506 e. The third-order valence-corrected chi connectivity index (χ3v) is 13.2. The number of carbonyl (C=O) groups is 3. The molecule has 5 aliphatic rings. The van der Waals surface area contributed by atoms with Gasteiger partial charge in [0.2, 0.25) is 18.0 Å². The number of carboxylic acid groups (broad SMARTS) is 2. The fourth-order valence-electron chi connectivity index (χ4n) is 8.50. The molecule has 0 aliphatic carbocycles. The number of hydrogen-bond acceptors (Lipinski definition) is 34. The van der Waals surface area contributed by atoms with Crippen molar-refractivity contribution in [2.24, 2.45) is 0 Å². The lowest BCUT2D eigenvalue weighted by Crippen LogP contribution is -2.70. The molecular formula is C37H59NO38S2. The average Bonchev–Trinajstić information content (AvgIpc) is 3.44. The third-order valence-electron chi connectivity index (χ3n) is 12.2. The van der Waals surface area contributed by atoms with Gasteiger partial charge in [0.1, 0.15) is 122 Å². The molecule has 0 spiro atoms. The van der Waals surface area contributed by atoms with E-state index in [1.54, 1.807) is 0 Å². The number of aliphatic carboxylic acids is 2. The average molecular weight is 1190 g/mol. The standard InChI is InChI=1S/C37H59NO38S2/c1-7(44)38-13-25(69-34-19(51)16(48)17(49)29(73-34)31(55)56)23(75-77(59,60)61)11(5-42)67-33(13)71-27-18(50)20(52)35(74-30(27)32(57)58)72-28-22(54)37(68-12(6-43)24(28)76-78(62,63)64)70-26-15(47)10(4-41)66-36(21(26)53)65-9(3-40)14(46)8(45)2-39/h8-16,18-28,30,33-37,39-43,45-54H,2-6H2,1H3,(H,38,44)(H,55,56)(H,57,58)(H,59,60,61)(H,62,63,64)/t8-,9+,10+,11+,12+,13+,14+,15-,16-,18-,19+,20-,21+,22+,23-,24-,25+,26-,27+,28+,30-,33-,34+,35-,36+,37-/m0/s1. The zero-order chi connectivity index (χ0) is 58.6. The third kappa shape index (κ3) is 15.2. The van der Waals surface area contributed by atoms with Crippen molar-refractivity contribution in [2.75, 3.05) is 33.0 Å². The molecule has 1 amide bonds. The minimum Gasteiger partial charge on any atom is -0.506 e. The Morgan fingerprint density at radius 2 is 1.06 bits per heavy atom. The minimum absolute atomic E-state index is 0.772. The molecule has 39 nitrogen and oxygen atoms in total. The molecule has 0 saturated carbocycles. The van der Waals surface area contributed by atoms with Gasteiger partial charge in [0.15, 0.2) is 37.0 Å². The summed E-state index contributed by atoms with van der Waals surface area (Å²) in [6, 6.07) is -2.25. The van der Waals surface area contributed by atoms with Gasteiger partial charge in [0, 0.05) is 6.92 Å². The quantitative estimate of drug-likeness (QED) is 0.0399. The maximum Gasteiger partial charge on any atom is 0.397 e. The van der Waals surface area contributed by atoms with Crippen LogP contribution in [0, 0.1) is 0 Å². The Morgan fingerprint density at radius 1 is 0.577 bits per heavy atom. The number of amides is 1. The van der Waals surface area contributed by atoms with Gasteiger partial charge in [0.05, 0.1) is 33.0 Å². The van der Waals surface area contributed by atoms with Crippen LogP contribution < -0.4 is 5.32 Å². The summed E-state index contributed by atoms with van der Waals surface area (Å²) in [7, 11) is -11.4. The summed E-state index contributed by atoms with van der Waals surface area (Å²) in [5, 5.41) is 180. The van der Waals surface area contributed by atoms with Crippen molar-refractivity contribution in [3.8, 4) is 0 Å². The number of rotatable bonds is 24. The first-order valence-electron chi connectivity index (χ1n) is 22.5. The van der Waals surface area contributed by atoms with E-state index in [-0.39, 0.29) is 0 Å². The smallest absolute Gasteiger partial charge is 0.397 e. The van der Waals surface area contributed by atoms with Crippen LogP contribution in [0.25, 0.3) is 0 Å². The number of aliphatic hydroxyl groups is 15. The van der Waals surface area contributed by atoms with E-state index >= 15 is 0 Å². The van der Waals surface area contributed by atoms with Gasteiger partial charge in [-0.25, -0.2) is 18.0 Å². The molecule has 5 heterocycles. The second-order valence-electron chi connectivity index (χ2n) is 17.5. The lowest BCUT2D eigenvalue weighted by Gasteiger charge is -2.50. The summed E-state index contributed by atoms with van der Waals surface area (Å²) < 4.78 is 131. The van der Waals surface area contributed by atoms with Crippen LogP contribution >= 0.6 is 0 Å². The first kappa shape index (κ1) is 65.4. The van der Waals surface area contributed by atoms with Crippen LogP contribution in [0.1, 0.15) is 6.92 Å². The van der Waals surface area contributed by atoms with Gasteiger partial charge in [-0.15, -0.1) is 0 Å². The number of hydrogen-bond donors (Lipinski definition) is 20. The fraction of sp³-hybridized carbons (Fsp3) is 0.865. The van der Waals surface area contributed by atoms with E-state index in [4.69, 9.17) is 47.4 Å². The molecular weight excluding hydrogens is 1130 g/mol. The molecule has 5 rings (SSSR count). The SMILES string of the molecule is CC(=O)N[C@H]1[C@H](O[C@@H]2[C@@H](O)[C@H](O)[C@@H](O[C@@H]3[C@@H](O)[C@H](O[C@H]4[C@@H](O)[C@@H](CO)O[C@@H](O[C@H](CO)[C@H](O)[C@@H](O)CO)[C@@H]4O)O[C@H](CO)[C@@H]3OS(=O)(=O)O)O[C@@H]2C(=O)O)O[C@H](CO)[C@H](OS(=O)(=O)O)[C@@H]1O[C@@H]1OC(C(=O)O)=C(O)[C@H](O)[C@H]1O. The Bertz CT molecular complexity index is 2280. The van der Waals surface area contributed by atoms with Crippen molar-refractivity contribution < 1.29 is 183 Å². The van der Waals surface area contributed by atoms with E-state index in [0.29, 0.717) is 0 Å². The van der Waals surface area contributed by atoms with Gasteiger partial charge in [-0.05, 0) is 0 Å². The van der Waals surface area contributed by atoms with Crippen LogP contribution in [0.2, 0.25) is 0 Å².